The van der Waals surface area contributed by atoms with E-state index >= 15 is 0 Å². The van der Waals surface area contributed by atoms with Crippen molar-refractivity contribution in [1.82, 2.24) is 5.32 Å². The standard InChI is InChI=1S/C13H25NO2/c1-9(11(15)16-12(2,3)4)14-13(5,6)10-7-8-10/h9-10,14H,7-8H2,1-6H3. The third-order valence-electron chi connectivity index (χ3n) is 2.95. The number of nitrogens with one attached hydrogen (secondary N) is 1. The fourth-order valence-electron chi connectivity index (χ4n) is 1.93. The molecule has 1 aliphatic rings. The molecule has 94 valence electrons. The molecule has 0 saturated heterocycles. The number of hydrogen-bond donors (Lipinski definition) is 1. The van der Waals surface area contributed by atoms with Gasteiger partial charge in [-0.15, -0.1) is 0 Å². The van der Waals surface area contributed by atoms with Gasteiger partial charge in [0.1, 0.15) is 11.6 Å². The van der Waals surface area contributed by atoms with Crippen molar-refractivity contribution in [3.63, 3.8) is 0 Å². The molecule has 0 aromatic carbocycles. The minimum Gasteiger partial charge on any atom is -0.459 e. The van der Waals surface area contributed by atoms with Crippen LogP contribution in [-0.2, 0) is 9.53 Å². The molecule has 3 nitrogen and oxygen atoms in total. The molecule has 0 aliphatic heterocycles. The molecular weight excluding hydrogens is 202 g/mol. The predicted molar refractivity (Wildman–Crippen MR) is 65.2 cm³/mol. The molecule has 1 N–H and O–H groups in total. The Bertz CT molecular complexity index is 262. The van der Waals surface area contributed by atoms with Gasteiger partial charge in [0.25, 0.3) is 0 Å². The van der Waals surface area contributed by atoms with E-state index in [9.17, 15) is 4.79 Å². The van der Waals surface area contributed by atoms with Crippen molar-refractivity contribution in [3.05, 3.63) is 0 Å². The Hall–Kier alpha value is -0.570. The fourth-order valence-corrected chi connectivity index (χ4v) is 1.93. The van der Waals surface area contributed by atoms with Crippen molar-refractivity contribution in [1.29, 1.82) is 0 Å². The zero-order chi connectivity index (χ0) is 12.6. The molecule has 1 rings (SSSR count). The molecular formula is C13H25NO2. The lowest BCUT2D eigenvalue weighted by Gasteiger charge is -2.31. The molecule has 1 fully saturated rings. The summed E-state index contributed by atoms with van der Waals surface area (Å²) in [5.74, 6) is 0.540. The predicted octanol–water partition coefficient (Wildman–Crippen LogP) is 2.49. The topological polar surface area (TPSA) is 38.3 Å². The molecule has 1 atom stereocenters. The molecule has 0 spiro atoms. The summed E-state index contributed by atoms with van der Waals surface area (Å²) in [6, 6.07) is -0.241. The summed E-state index contributed by atoms with van der Waals surface area (Å²) < 4.78 is 5.34. The zero-order valence-corrected chi connectivity index (χ0v) is 11.4. The summed E-state index contributed by atoms with van der Waals surface area (Å²) in [4.78, 5) is 11.8. The molecule has 1 saturated carbocycles. The average molecular weight is 227 g/mol. The van der Waals surface area contributed by atoms with E-state index < -0.39 is 5.60 Å². The molecule has 0 aromatic heterocycles. The molecule has 3 heteroatoms. The van der Waals surface area contributed by atoms with Gasteiger partial charge >= 0.3 is 5.97 Å². The number of esters is 1. The van der Waals surface area contributed by atoms with E-state index in [-0.39, 0.29) is 17.6 Å². The monoisotopic (exact) mass is 227 g/mol. The van der Waals surface area contributed by atoms with Crippen LogP contribution in [-0.4, -0.2) is 23.2 Å². The molecule has 1 unspecified atom stereocenters. The highest BCUT2D eigenvalue weighted by Gasteiger charge is 2.39. The highest BCUT2D eigenvalue weighted by Crippen LogP contribution is 2.39. The van der Waals surface area contributed by atoms with Crippen molar-refractivity contribution in [2.24, 2.45) is 5.92 Å². The largest absolute Gasteiger partial charge is 0.459 e. The molecule has 0 heterocycles. The van der Waals surface area contributed by atoms with Crippen molar-refractivity contribution in [3.8, 4) is 0 Å². The smallest absolute Gasteiger partial charge is 0.323 e. The summed E-state index contributed by atoms with van der Waals surface area (Å²) in [7, 11) is 0. The van der Waals surface area contributed by atoms with Crippen LogP contribution in [0.1, 0.15) is 54.4 Å². The summed E-state index contributed by atoms with van der Waals surface area (Å²) in [5.41, 5.74) is -0.368. The second-order valence-corrected chi connectivity index (χ2v) is 6.40. The van der Waals surface area contributed by atoms with Crippen LogP contribution in [0.25, 0.3) is 0 Å². The van der Waals surface area contributed by atoms with Crippen molar-refractivity contribution in [2.75, 3.05) is 0 Å². The Balaban J connectivity index is 2.45. The number of rotatable bonds is 4. The van der Waals surface area contributed by atoms with Gasteiger partial charge in [0.2, 0.25) is 0 Å². The Kier molecular flexibility index (Phi) is 3.68. The van der Waals surface area contributed by atoms with Crippen LogP contribution in [0.3, 0.4) is 0 Å². The lowest BCUT2D eigenvalue weighted by atomic mass is 9.97. The first kappa shape index (κ1) is 13.5. The molecule has 0 amide bonds. The first-order valence-electron chi connectivity index (χ1n) is 6.12. The van der Waals surface area contributed by atoms with Crippen molar-refractivity contribution >= 4 is 5.97 Å². The molecule has 0 radical (unpaired) electrons. The van der Waals surface area contributed by atoms with Crippen LogP contribution in [0.15, 0.2) is 0 Å². The Morgan fingerprint density at radius 1 is 1.25 bits per heavy atom. The van der Waals surface area contributed by atoms with Gasteiger partial charge in [-0.1, -0.05) is 0 Å². The number of hydrogen-bond acceptors (Lipinski definition) is 3. The summed E-state index contributed by atoms with van der Waals surface area (Å²) in [6.45, 7) is 11.9. The molecule has 0 aromatic rings. The lowest BCUT2D eigenvalue weighted by Crippen LogP contribution is -2.51. The molecule has 0 bridgehead atoms. The van der Waals surface area contributed by atoms with Crippen molar-refractivity contribution < 1.29 is 9.53 Å². The Morgan fingerprint density at radius 3 is 2.12 bits per heavy atom. The minimum absolute atomic E-state index is 0.0380. The van der Waals surface area contributed by atoms with Crippen LogP contribution in [0.2, 0.25) is 0 Å². The average Bonchev–Trinajstić information content (AvgIpc) is 2.80. The molecule has 1 aliphatic carbocycles. The SMILES string of the molecule is CC(NC(C)(C)C1CC1)C(=O)OC(C)(C)C. The van der Waals surface area contributed by atoms with E-state index in [4.69, 9.17) is 4.74 Å². The van der Waals surface area contributed by atoms with E-state index in [1.54, 1.807) is 0 Å². The van der Waals surface area contributed by atoms with Crippen LogP contribution < -0.4 is 5.32 Å². The Morgan fingerprint density at radius 2 is 1.75 bits per heavy atom. The van der Waals surface area contributed by atoms with E-state index in [1.807, 2.05) is 27.7 Å². The number of ether oxygens (including phenoxy) is 1. The zero-order valence-electron chi connectivity index (χ0n) is 11.4. The van der Waals surface area contributed by atoms with E-state index in [1.165, 1.54) is 12.8 Å². The highest BCUT2D eigenvalue weighted by atomic mass is 16.6. The van der Waals surface area contributed by atoms with Crippen LogP contribution in [0.4, 0.5) is 0 Å². The van der Waals surface area contributed by atoms with Crippen molar-refractivity contribution in [2.45, 2.75) is 71.6 Å². The summed E-state index contributed by atoms with van der Waals surface area (Å²) >= 11 is 0. The first-order chi connectivity index (χ1) is 7.12. The Labute approximate surface area is 98.9 Å². The van der Waals surface area contributed by atoms with Gasteiger partial charge in [-0.25, -0.2) is 0 Å². The summed E-state index contributed by atoms with van der Waals surface area (Å²) in [5, 5.41) is 3.37. The third-order valence-corrected chi connectivity index (χ3v) is 2.95. The van der Waals surface area contributed by atoms with E-state index in [0.717, 1.165) is 0 Å². The first-order valence-corrected chi connectivity index (χ1v) is 6.12. The quantitative estimate of drug-likeness (QED) is 0.750. The third kappa shape index (κ3) is 4.12. The van der Waals surface area contributed by atoms with Gasteiger partial charge in [0.05, 0.1) is 0 Å². The van der Waals surface area contributed by atoms with Gasteiger partial charge in [-0.3, -0.25) is 10.1 Å². The lowest BCUT2D eigenvalue weighted by molar-refractivity contribution is -0.157. The van der Waals surface area contributed by atoms with Crippen LogP contribution in [0, 0.1) is 5.92 Å². The van der Waals surface area contributed by atoms with Gasteiger partial charge in [0, 0.05) is 5.54 Å². The fraction of sp³-hybridized carbons (Fsp3) is 0.923. The maximum absolute atomic E-state index is 11.8. The molecule has 16 heavy (non-hydrogen) atoms. The minimum atomic E-state index is -0.406. The second kappa shape index (κ2) is 4.36. The normalized spacial score (nSPS) is 19.4. The summed E-state index contributed by atoms with van der Waals surface area (Å²) in [6.07, 6.45) is 2.53. The van der Waals surface area contributed by atoms with E-state index in [2.05, 4.69) is 19.2 Å². The highest BCUT2D eigenvalue weighted by molar-refractivity contribution is 5.75. The maximum atomic E-state index is 11.8. The van der Waals surface area contributed by atoms with Gasteiger partial charge in [-0.05, 0) is 60.3 Å². The van der Waals surface area contributed by atoms with Gasteiger partial charge in [0.15, 0.2) is 0 Å². The van der Waals surface area contributed by atoms with Gasteiger partial charge in [-0.2, -0.15) is 0 Å². The second-order valence-electron chi connectivity index (χ2n) is 6.40. The van der Waals surface area contributed by atoms with Crippen LogP contribution >= 0.6 is 0 Å². The van der Waals surface area contributed by atoms with E-state index in [0.29, 0.717) is 5.92 Å². The van der Waals surface area contributed by atoms with Crippen LogP contribution in [0.5, 0.6) is 0 Å². The number of carbonyl (C=O) groups is 1. The maximum Gasteiger partial charge on any atom is 0.323 e. The van der Waals surface area contributed by atoms with Gasteiger partial charge < -0.3 is 4.74 Å². The number of carbonyl (C=O) groups excluding carboxylic acids is 1.